The van der Waals surface area contributed by atoms with Crippen LogP contribution in [0, 0.1) is 0 Å². The lowest BCUT2D eigenvalue weighted by Crippen LogP contribution is -2.19. The molecule has 28 heavy (non-hydrogen) atoms. The van der Waals surface area contributed by atoms with Crippen LogP contribution in [0.4, 0.5) is 5.69 Å². The smallest absolute Gasteiger partial charge is 0.231 e. The molecule has 2 N–H and O–H groups in total. The zero-order valence-corrected chi connectivity index (χ0v) is 15.5. The lowest BCUT2D eigenvalue weighted by atomic mass is 9.95. The molecular formula is C24H20N2O2. The molecule has 1 amide bonds. The minimum Gasteiger partial charge on any atom is -0.361 e. The summed E-state index contributed by atoms with van der Waals surface area (Å²) in [5.74, 6) is -0.544. The molecular weight excluding hydrogens is 348 g/mol. The maximum Gasteiger partial charge on any atom is 0.231 e. The van der Waals surface area contributed by atoms with Gasteiger partial charge < -0.3 is 10.3 Å². The number of fused-ring (bicyclic) bond motifs is 1. The van der Waals surface area contributed by atoms with Gasteiger partial charge in [-0.2, -0.15) is 0 Å². The van der Waals surface area contributed by atoms with Crippen molar-refractivity contribution >= 4 is 28.3 Å². The van der Waals surface area contributed by atoms with Gasteiger partial charge in [-0.1, -0.05) is 48.5 Å². The Morgan fingerprint density at radius 3 is 2.46 bits per heavy atom. The molecule has 0 fully saturated rings. The average Bonchev–Trinajstić information content (AvgIpc) is 3.21. The number of nitrogens with one attached hydrogen (secondary N) is 2. The first-order valence-electron chi connectivity index (χ1n) is 9.19. The van der Waals surface area contributed by atoms with E-state index in [9.17, 15) is 9.59 Å². The third-order valence-electron chi connectivity index (χ3n) is 4.90. The number of anilines is 1. The average molecular weight is 368 g/mol. The summed E-state index contributed by atoms with van der Waals surface area (Å²) >= 11 is 0. The lowest BCUT2D eigenvalue weighted by Gasteiger charge is -2.14. The number of aromatic nitrogens is 1. The number of hydrogen-bond donors (Lipinski definition) is 2. The Morgan fingerprint density at radius 2 is 1.64 bits per heavy atom. The van der Waals surface area contributed by atoms with E-state index < -0.39 is 0 Å². The number of amides is 1. The van der Waals surface area contributed by atoms with Crippen LogP contribution < -0.4 is 5.32 Å². The highest BCUT2D eigenvalue weighted by Crippen LogP contribution is 2.22. The second-order valence-electron chi connectivity index (χ2n) is 6.81. The molecule has 3 aromatic carbocycles. The normalized spacial score (nSPS) is 11.9. The lowest BCUT2D eigenvalue weighted by molar-refractivity contribution is -0.117. The highest BCUT2D eigenvalue weighted by Gasteiger charge is 2.18. The van der Waals surface area contributed by atoms with Crippen LogP contribution in [0.2, 0.25) is 0 Å². The summed E-state index contributed by atoms with van der Waals surface area (Å²) in [6.45, 7) is 1.84. The Hall–Kier alpha value is -3.66. The van der Waals surface area contributed by atoms with Crippen molar-refractivity contribution in [2.75, 3.05) is 5.32 Å². The highest BCUT2D eigenvalue weighted by molar-refractivity contribution is 6.09. The quantitative estimate of drug-likeness (QED) is 0.479. The first-order valence-corrected chi connectivity index (χ1v) is 9.19. The summed E-state index contributed by atoms with van der Waals surface area (Å²) in [6.07, 6.45) is 1.87. The van der Waals surface area contributed by atoms with Gasteiger partial charge in [-0.15, -0.1) is 0 Å². The third-order valence-corrected chi connectivity index (χ3v) is 4.90. The summed E-state index contributed by atoms with van der Waals surface area (Å²) in [6, 6.07) is 24.1. The number of carbonyl (C=O) groups excluding carboxylic acids is 2. The fourth-order valence-electron chi connectivity index (χ4n) is 3.24. The topological polar surface area (TPSA) is 62.0 Å². The predicted octanol–water partition coefficient (Wildman–Crippen LogP) is 5.14. The number of ketones is 1. The SMILES string of the molecule is CC(C(=O)Nc1ccc2[nH]ccc2c1)c1cccc(C(=O)c2ccccc2)c1. The largest absolute Gasteiger partial charge is 0.361 e. The second kappa shape index (κ2) is 7.53. The Kier molecular flexibility index (Phi) is 4.77. The van der Waals surface area contributed by atoms with E-state index in [-0.39, 0.29) is 17.6 Å². The fourth-order valence-corrected chi connectivity index (χ4v) is 3.24. The van der Waals surface area contributed by atoms with Gasteiger partial charge in [-0.05, 0) is 42.8 Å². The van der Waals surface area contributed by atoms with Crippen LogP contribution in [-0.4, -0.2) is 16.7 Å². The monoisotopic (exact) mass is 368 g/mol. The van der Waals surface area contributed by atoms with Gasteiger partial charge >= 0.3 is 0 Å². The molecule has 0 bridgehead atoms. The van der Waals surface area contributed by atoms with Gasteiger partial charge in [0.2, 0.25) is 5.91 Å². The molecule has 1 atom stereocenters. The van der Waals surface area contributed by atoms with Crippen molar-refractivity contribution in [1.82, 2.24) is 4.98 Å². The Morgan fingerprint density at radius 1 is 0.857 bits per heavy atom. The van der Waals surface area contributed by atoms with E-state index in [2.05, 4.69) is 10.3 Å². The van der Waals surface area contributed by atoms with E-state index in [0.717, 1.165) is 22.2 Å². The molecule has 0 radical (unpaired) electrons. The highest BCUT2D eigenvalue weighted by atomic mass is 16.2. The van der Waals surface area contributed by atoms with Crippen molar-refractivity contribution in [2.24, 2.45) is 0 Å². The van der Waals surface area contributed by atoms with Crippen LogP contribution in [0.5, 0.6) is 0 Å². The molecule has 4 rings (SSSR count). The molecule has 0 saturated carbocycles. The molecule has 4 aromatic rings. The van der Waals surface area contributed by atoms with Crippen molar-refractivity contribution in [2.45, 2.75) is 12.8 Å². The predicted molar refractivity (Wildman–Crippen MR) is 112 cm³/mol. The van der Waals surface area contributed by atoms with E-state index in [1.54, 1.807) is 24.3 Å². The van der Waals surface area contributed by atoms with Crippen LogP contribution in [0.3, 0.4) is 0 Å². The van der Waals surface area contributed by atoms with Crippen molar-refractivity contribution in [3.63, 3.8) is 0 Å². The van der Waals surface area contributed by atoms with Gasteiger partial charge in [0.15, 0.2) is 5.78 Å². The molecule has 0 spiro atoms. The van der Waals surface area contributed by atoms with Crippen LogP contribution in [-0.2, 0) is 4.79 Å². The molecule has 138 valence electrons. The van der Waals surface area contributed by atoms with E-state index in [1.807, 2.05) is 67.7 Å². The number of rotatable bonds is 5. The fraction of sp³-hybridized carbons (Fsp3) is 0.0833. The molecule has 1 heterocycles. The minimum absolute atomic E-state index is 0.0482. The number of carbonyl (C=O) groups is 2. The van der Waals surface area contributed by atoms with Crippen molar-refractivity contribution < 1.29 is 9.59 Å². The number of aromatic amines is 1. The molecule has 0 aliphatic carbocycles. The Bertz CT molecular complexity index is 1150. The van der Waals surface area contributed by atoms with Crippen molar-refractivity contribution in [3.8, 4) is 0 Å². The van der Waals surface area contributed by atoms with Crippen LogP contribution in [0.25, 0.3) is 10.9 Å². The van der Waals surface area contributed by atoms with Crippen molar-refractivity contribution in [1.29, 1.82) is 0 Å². The first-order chi connectivity index (χ1) is 13.6. The zero-order chi connectivity index (χ0) is 19.5. The summed E-state index contributed by atoms with van der Waals surface area (Å²) in [5, 5.41) is 4.01. The van der Waals surface area contributed by atoms with Crippen molar-refractivity contribution in [3.05, 3.63) is 102 Å². The van der Waals surface area contributed by atoms with Gasteiger partial charge in [-0.25, -0.2) is 0 Å². The van der Waals surface area contributed by atoms with Crippen LogP contribution in [0.15, 0.2) is 85.1 Å². The van der Waals surface area contributed by atoms with E-state index in [1.165, 1.54) is 0 Å². The van der Waals surface area contributed by atoms with Gasteiger partial charge in [-0.3, -0.25) is 9.59 Å². The molecule has 0 aliphatic heterocycles. The summed E-state index contributed by atoms with van der Waals surface area (Å²) in [5.41, 5.74) is 3.80. The van der Waals surface area contributed by atoms with Gasteiger partial charge in [0, 0.05) is 33.9 Å². The summed E-state index contributed by atoms with van der Waals surface area (Å²) < 4.78 is 0. The molecule has 0 aliphatic rings. The maximum atomic E-state index is 12.7. The van der Waals surface area contributed by atoms with E-state index >= 15 is 0 Å². The molecule has 1 unspecified atom stereocenters. The number of benzene rings is 3. The van der Waals surface area contributed by atoms with Crippen LogP contribution in [0.1, 0.15) is 34.3 Å². The van der Waals surface area contributed by atoms with E-state index in [0.29, 0.717) is 11.1 Å². The maximum absolute atomic E-state index is 12.7. The Balaban J connectivity index is 1.53. The zero-order valence-electron chi connectivity index (χ0n) is 15.5. The number of hydrogen-bond acceptors (Lipinski definition) is 2. The second-order valence-corrected chi connectivity index (χ2v) is 6.81. The minimum atomic E-state index is -0.384. The first kappa shape index (κ1) is 17.7. The van der Waals surface area contributed by atoms with E-state index in [4.69, 9.17) is 0 Å². The van der Waals surface area contributed by atoms with Gasteiger partial charge in [0.25, 0.3) is 0 Å². The van der Waals surface area contributed by atoms with Gasteiger partial charge in [0.05, 0.1) is 5.92 Å². The summed E-state index contributed by atoms with van der Waals surface area (Å²) in [4.78, 5) is 28.5. The summed E-state index contributed by atoms with van der Waals surface area (Å²) in [7, 11) is 0. The molecule has 0 saturated heterocycles. The number of H-pyrrole nitrogens is 1. The third kappa shape index (κ3) is 3.58. The molecule has 4 nitrogen and oxygen atoms in total. The molecule has 4 heteroatoms. The van der Waals surface area contributed by atoms with Crippen LogP contribution >= 0.6 is 0 Å². The Labute approximate surface area is 163 Å². The standard InChI is InChI=1S/C24H20N2O2/c1-16(24(28)26-21-10-11-22-19(15-21)12-13-25-22)18-8-5-9-20(14-18)23(27)17-6-3-2-4-7-17/h2-16,25H,1H3,(H,26,28). The van der Waals surface area contributed by atoms with Gasteiger partial charge in [0.1, 0.15) is 0 Å². The molecule has 1 aromatic heterocycles.